The van der Waals surface area contributed by atoms with E-state index in [2.05, 4.69) is 20.0 Å². The number of ether oxygens (including phenoxy) is 1. The van der Waals surface area contributed by atoms with Gasteiger partial charge in [-0.1, -0.05) is 10.6 Å². The number of benzene rings is 1. The highest BCUT2D eigenvalue weighted by Crippen LogP contribution is 2.31. The van der Waals surface area contributed by atoms with E-state index in [1.165, 1.54) is 18.2 Å². The van der Waals surface area contributed by atoms with Crippen molar-refractivity contribution in [1.82, 2.24) is 19.4 Å². The van der Waals surface area contributed by atoms with E-state index in [1.54, 1.807) is 19.2 Å². The Morgan fingerprint density at radius 2 is 2.13 bits per heavy atom. The number of rotatable bonds is 5. The van der Waals surface area contributed by atoms with E-state index in [1.807, 2.05) is 0 Å². The number of nitrogens with one attached hydrogen (secondary N) is 1. The Morgan fingerprint density at radius 1 is 1.32 bits per heavy atom. The van der Waals surface area contributed by atoms with E-state index in [0.29, 0.717) is 10.6 Å². The maximum absolute atomic E-state index is 13.8. The Balaban J connectivity index is 1.91. The summed E-state index contributed by atoms with van der Waals surface area (Å²) in [6.07, 6.45) is 0. The highest BCUT2D eigenvalue weighted by atomic mass is 32.1. The molecule has 4 aromatic rings. The van der Waals surface area contributed by atoms with Crippen LogP contribution in [0.3, 0.4) is 0 Å². The number of carbonyl (C=O) groups is 2. The fourth-order valence-electron chi connectivity index (χ4n) is 2.87. The van der Waals surface area contributed by atoms with Gasteiger partial charge in [0.1, 0.15) is 15.7 Å². The molecule has 1 amide bonds. The number of fused-ring (bicyclic) bond motifs is 1. The standard InChI is InChI=1S/C19H14FN5O4S2/c1-3-29-19(28)14-12-8-30-17(21-16(26)15-9(2)22-24-31-15)13(12)18(27)25(23-14)11-6-4-5-10(20)7-11/h4-8H,3H2,1-2H3,(H,21,26). The first-order chi connectivity index (χ1) is 14.9. The van der Waals surface area contributed by atoms with Gasteiger partial charge in [0.15, 0.2) is 5.69 Å². The van der Waals surface area contributed by atoms with Gasteiger partial charge in [0, 0.05) is 10.8 Å². The molecule has 0 saturated carbocycles. The Bertz CT molecular complexity index is 1380. The zero-order valence-electron chi connectivity index (χ0n) is 16.2. The number of hydrogen-bond acceptors (Lipinski definition) is 9. The average molecular weight is 459 g/mol. The number of aryl methyl sites for hydroxylation is 1. The summed E-state index contributed by atoms with van der Waals surface area (Å²) in [5.74, 6) is -1.80. The van der Waals surface area contributed by atoms with Crippen LogP contribution < -0.4 is 10.9 Å². The number of esters is 1. The van der Waals surface area contributed by atoms with E-state index < -0.39 is 23.3 Å². The SMILES string of the molecule is CCOC(=O)c1nn(-c2cccc(F)c2)c(=O)c2c(NC(=O)c3snnc3C)scc12. The van der Waals surface area contributed by atoms with E-state index in [0.717, 1.165) is 33.6 Å². The topological polar surface area (TPSA) is 116 Å². The monoisotopic (exact) mass is 459 g/mol. The van der Waals surface area contributed by atoms with Gasteiger partial charge in [-0.2, -0.15) is 9.78 Å². The molecule has 1 N–H and O–H groups in total. The fourth-order valence-corrected chi connectivity index (χ4v) is 4.36. The molecule has 0 aliphatic rings. The first-order valence-corrected chi connectivity index (χ1v) is 10.6. The highest BCUT2D eigenvalue weighted by Gasteiger charge is 2.24. The van der Waals surface area contributed by atoms with Crippen LogP contribution in [-0.4, -0.2) is 37.9 Å². The van der Waals surface area contributed by atoms with Gasteiger partial charge in [-0.15, -0.1) is 16.4 Å². The largest absolute Gasteiger partial charge is 0.461 e. The van der Waals surface area contributed by atoms with E-state index in [4.69, 9.17) is 4.74 Å². The van der Waals surface area contributed by atoms with Crippen molar-refractivity contribution >= 4 is 50.5 Å². The van der Waals surface area contributed by atoms with Gasteiger partial charge >= 0.3 is 5.97 Å². The molecule has 158 valence electrons. The lowest BCUT2D eigenvalue weighted by atomic mass is 10.2. The van der Waals surface area contributed by atoms with Crippen LogP contribution in [0.2, 0.25) is 0 Å². The summed E-state index contributed by atoms with van der Waals surface area (Å²) in [5, 5.41) is 12.7. The number of halogens is 1. The highest BCUT2D eigenvalue weighted by molar-refractivity contribution is 7.16. The predicted molar refractivity (Wildman–Crippen MR) is 114 cm³/mol. The predicted octanol–water partition coefficient (Wildman–Crippen LogP) is 3.18. The Labute approximate surface area is 182 Å². The second-order valence-corrected chi connectivity index (χ2v) is 7.89. The third kappa shape index (κ3) is 3.82. The molecule has 0 radical (unpaired) electrons. The van der Waals surface area contributed by atoms with Crippen molar-refractivity contribution in [3.05, 3.63) is 62.1 Å². The lowest BCUT2D eigenvalue weighted by Crippen LogP contribution is -2.25. The zero-order chi connectivity index (χ0) is 22.1. The third-order valence-electron chi connectivity index (χ3n) is 4.26. The molecule has 0 aliphatic carbocycles. The molecule has 31 heavy (non-hydrogen) atoms. The molecule has 0 unspecified atom stereocenters. The van der Waals surface area contributed by atoms with Crippen molar-refractivity contribution in [2.24, 2.45) is 0 Å². The number of anilines is 1. The molecule has 0 aliphatic heterocycles. The van der Waals surface area contributed by atoms with Crippen LogP contribution in [0, 0.1) is 12.7 Å². The summed E-state index contributed by atoms with van der Waals surface area (Å²) < 4.78 is 23.5. The van der Waals surface area contributed by atoms with Crippen molar-refractivity contribution < 1.29 is 18.7 Å². The summed E-state index contributed by atoms with van der Waals surface area (Å²) in [7, 11) is 0. The molecule has 0 atom stereocenters. The molecular formula is C19H14FN5O4S2. The molecule has 0 saturated heterocycles. The van der Waals surface area contributed by atoms with E-state index in [-0.39, 0.29) is 33.8 Å². The molecule has 12 heteroatoms. The van der Waals surface area contributed by atoms with Gasteiger partial charge in [-0.05, 0) is 43.6 Å². The molecule has 3 heterocycles. The Hall–Kier alpha value is -3.51. The molecule has 4 rings (SSSR count). The Morgan fingerprint density at radius 3 is 2.81 bits per heavy atom. The van der Waals surface area contributed by atoms with Gasteiger partial charge in [0.05, 0.1) is 23.4 Å². The van der Waals surface area contributed by atoms with Crippen LogP contribution in [0.5, 0.6) is 0 Å². The minimum atomic E-state index is -0.740. The molecule has 1 aromatic carbocycles. The molecule has 9 nitrogen and oxygen atoms in total. The van der Waals surface area contributed by atoms with Gasteiger partial charge < -0.3 is 10.1 Å². The number of carbonyl (C=O) groups excluding carboxylic acids is 2. The van der Waals surface area contributed by atoms with Crippen molar-refractivity contribution in [3.8, 4) is 5.69 Å². The molecule has 0 fully saturated rings. The van der Waals surface area contributed by atoms with Crippen LogP contribution in [0.15, 0.2) is 34.4 Å². The lowest BCUT2D eigenvalue weighted by molar-refractivity contribution is 0.0520. The number of aromatic nitrogens is 4. The normalized spacial score (nSPS) is 10.9. The smallest absolute Gasteiger partial charge is 0.359 e. The van der Waals surface area contributed by atoms with Crippen molar-refractivity contribution in [3.63, 3.8) is 0 Å². The second kappa shape index (κ2) is 8.32. The van der Waals surface area contributed by atoms with Gasteiger partial charge in [-0.3, -0.25) is 9.59 Å². The molecule has 3 aromatic heterocycles. The van der Waals surface area contributed by atoms with Crippen LogP contribution in [0.1, 0.15) is 32.8 Å². The summed E-state index contributed by atoms with van der Waals surface area (Å²) in [4.78, 5) is 38.7. The fraction of sp³-hybridized carbons (Fsp3) is 0.158. The average Bonchev–Trinajstić information content (AvgIpc) is 3.35. The van der Waals surface area contributed by atoms with Gasteiger partial charge in [0.2, 0.25) is 0 Å². The number of hydrogen-bond donors (Lipinski definition) is 1. The maximum atomic E-state index is 13.8. The molecular weight excluding hydrogens is 445 g/mol. The number of amides is 1. The summed E-state index contributed by atoms with van der Waals surface area (Å²) in [5.41, 5.74) is -0.157. The van der Waals surface area contributed by atoms with Gasteiger partial charge in [-0.25, -0.2) is 9.18 Å². The number of nitrogens with zero attached hydrogens (tertiary/aromatic N) is 4. The van der Waals surface area contributed by atoms with Crippen LogP contribution in [0.4, 0.5) is 9.39 Å². The van der Waals surface area contributed by atoms with E-state index in [9.17, 15) is 18.8 Å². The van der Waals surface area contributed by atoms with Gasteiger partial charge in [0.25, 0.3) is 11.5 Å². The number of thiophene rings is 1. The third-order valence-corrected chi connectivity index (χ3v) is 5.98. The lowest BCUT2D eigenvalue weighted by Gasteiger charge is -2.10. The van der Waals surface area contributed by atoms with E-state index >= 15 is 0 Å². The first kappa shape index (κ1) is 20.8. The Kier molecular flexibility index (Phi) is 5.57. The van der Waals surface area contributed by atoms with Crippen molar-refractivity contribution in [1.29, 1.82) is 0 Å². The summed E-state index contributed by atoms with van der Waals surface area (Å²) >= 11 is 1.99. The van der Waals surface area contributed by atoms with Crippen molar-refractivity contribution in [2.75, 3.05) is 11.9 Å². The summed E-state index contributed by atoms with van der Waals surface area (Å²) in [6, 6.07) is 5.24. The minimum absolute atomic E-state index is 0.0655. The summed E-state index contributed by atoms with van der Waals surface area (Å²) in [6.45, 7) is 3.39. The van der Waals surface area contributed by atoms with Crippen molar-refractivity contribution in [2.45, 2.75) is 13.8 Å². The maximum Gasteiger partial charge on any atom is 0.359 e. The minimum Gasteiger partial charge on any atom is -0.461 e. The first-order valence-electron chi connectivity index (χ1n) is 8.98. The van der Waals surface area contributed by atoms with Crippen LogP contribution in [-0.2, 0) is 4.74 Å². The molecule has 0 bridgehead atoms. The zero-order valence-corrected chi connectivity index (χ0v) is 17.8. The van der Waals surface area contributed by atoms with Crippen LogP contribution in [0.25, 0.3) is 16.5 Å². The second-order valence-electron chi connectivity index (χ2n) is 6.26. The molecule has 0 spiro atoms. The van der Waals surface area contributed by atoms with Crippen LogP contribution >= 0.6 is 22.9 Å². The quantitative estimate of drug-likeness (QED) is 0.456.